The summed E-state index contributed by atoms with van der Waals surface area (Å²) >= 11 is 0. The molecule has 1 aliphatic heterocycles. The number of rotatable bonds is 8. The molecule has 3 rings (SSSR count). The molecule has 0 saturated carbocycles. The van der Waals surface area contributed by atoms with Gasteiger partial charge in [0.1, 0.15) is 5.69 Å². The highest BCUT2D eigenvalue weighted by molar-refractivity contribution is 6.02. The third-order valence-electron chi connectivity index (χ3n) is 4.74. The predicted molar refractivity (Wildman–Crippen MR) is 107 cm³/mol. The summed E-state index contributed by atoms with van der Waals surface area (Å²) in [7, 11) is 0. The second-order valence-electron chi connectivity index (χ2n) is 7.36. The van der Waals surface area contributed by atoms with Crippen LogP contribution >= 0.6 is 0 Å². The van der Waals surface area contributed by atoms with Crippen LogP contribution in [0.5, 0.6) is 0 Å². The largest absolute Gasteiger partial charge is 0.454 e. The van der Waals surface area contributed by atoms with Gasteiger partial charge < -0.3 is 19.4 Å². The van der Waals surface area contributed by atoms with Gasteiger partial charge in [-0.05, 0) is 50.5 Å². The van der Waals surface area contributed by atoms with Crippen molar-refractivity contribution in [3.63, 3.8) is 0 Å². The van der Waals surface area contributed by atoms with E-state index in [-0.39, 0.29) is 24.4 Å². The fourth-order valence-corrected chi connectivity index (χ4v) is 3.07. The number of hydrogen-bond donors (Lipinski definition) is 1. The fraction of sp³-hybridized carbons (Fsp3) is 0.409. The Morgan fingerprint density at radius 2 is 1.76 bits per heavy atom. The molecule has 2 heterocycles. The zero-order valence-electron chi connectivity index (χ0n) is 16.8. The van der Waals surface area contributed by atoms with Gasteiger partial charge in [-0.2, -0.15) is 0 Å². The van der Waals surface area contributed by atoms with E-state index in [9.17, 15) is 14.4 Å². The van der Waals surface area contributed by atoms with Crippen LogP contribution in [0.4, 0.5) is 0 Å². The highest BCUT2D eigenvalue weighted by Gasteiger charge is 2.22. The number of hydrogen-bond acceptors (Lipinski definition) is 5. The molecule has 1 amide bonds. The van der Waals surface area contributed by atoms with Crippen molar-refractivity contribution in [2.24, 2.45) is 0 Å². The molecule has 1 N–H and O–H groups in total. The molecule has 0 spiro atoms. The van der Waals surface area contributed by atoms with Gasteiger partial charge in [0.15, 0.2) is 6.61 Å². The molecule has 2 aromatic rings. The molecule has 1 fully saturated rings. The number of ketones is 1. The Kier molecular flexibility index (Phi) is 6.82. The van der Waals surface area contributed by atoms with Gasteiger partial charge in [-0.25, -0.2) is 4.79 Å². The first-order valence-electron chi connectivity index (χ1n) is 9.82. The summed E-state index contributed by atoms with van der Waals surface area (Å²) in [5.74, 6) is -1.05. The first-order valence-corrected chi connectivity index (χ1v) is 9.82. The normalized spacial score (nSPS) is 13.7. The van der Waals surface area contributed by atoms with Crippen molar-refractivity contribution in [1.29, 1.82) is 0 Å². The zero-order chi connectivity index (χ0) is 20.8. The molecule has 0 unspecified atom stereocenters. The molecule has 1 aromatic carbocycles. The van der Waals surface area contributed by atoms with E-state index in [0.29, 0.717) is 23.4 Å². The molecule has 1 aromatic heterocycles. The molecule has 0 bridgehead atoms. The molecular formula is C22H26N2O5. The minimum atomic E-state index is -0.571. The predicted octanol–water partition coefficient (Wildman–Crippen LogP) is 3.22. The number of carbonyl (C=O) groups is 3. The molecule has 1 aliphatic rings. The number of nitrogens with zero attached hydrogens (tertiary/aromatic N) is 1. The molecular weight excluding hydrogens is 372 g/mol. The van der Waals surface area contributed by atoms with Crippen molar-refractivity contribution in [1.82, 2.24) is 9.88 Å². The summed E-state index contributed by atoms with van der Waals surface area (Å²) < 4.78 is 10.6. The first-order chi connectivity index (χ1) is 13.9. The molecule has 0 aliphatic carbocycles. The van der Waals surface area contributed by atoms with E-state index in [1.807, 2.05) is 13.8 Å². The van der Waals surface area contributed by atoms with Gasteiger partial charge in [0.05, 0.1) is 18.3 Å². The summed E-state index contributed by atoms with van der Waals surface area (Å²) in [5, 5.41) is 0. The van der Waals surface area contributed by atoms with Gasteiger partial charge in [-0.15, -0.1) is 0 Å². The van der Waals surface area contributed by atoms with Gasteiger partial charge in [-0.3, -0.25) is 9.59 Å². The van der Waals surface area contributed by atoms with Crippen molar-refractivity contribution in [3.8, 4) is 0 Å². The van der Waals surface area contributed by atoms with E-state index in [0.717, 1.165) is 31.5 Å². The summed E-state index contributed by atoms with van der Waals surface area (Å²) in [6.45, 7) is 5.48. The van der Waals surface area contributed by atoms with E-state index in [2.05, 4.69) is 4.98 Å². The topological polar surface area (TPSA) is 88.7 Å². The second kappa shape index (κ2) is 9.52. The second-order valence-corrected chi connectivity index (χ2v) is 7.36. The minimum Gasteiger partial charge on any atom is -0.454 e. The number of aromatic nitrogens is 1. The summed E-state index contributed by atoms with van der Waals surface area (Å²) in [6, 6.07) is 8.40. The third-order valence-corrected chi connectivity index (χ3v) is 4.74. The maximum atomic E-state index is 12.3. The Hall–Kier alpha value is -2.93. The van der Waals surface area contributed by atoms with Crippen molar-refractivity contribution < 1.29 is 23.9 Å². The van der Waals surface area contributed by atoms with Crippen LogP contribution in [0.25, 0.3) is 0 Å². The number of Topliss-reactive ketones (excluding diaryl/α,β-unsaturated/α-hetero) is 1. The number of esters is 1. The van der Waals surface area contributed by atoms with Crippen molar-refractivity contribution in [2.75, 3.05) is 19.7 Å². The van der Waals surface area contributed by atoms with Gasteiger partial charge >= 0.3 is 5.97 Å². The molecule has 154 valence electrons. The Morgan fingerprint density at radius 1 is 1.07 bits per heavy atom. The number of benzene rings is 1. The van der Waals surface area contributed by atoms with E-state index < -0.39 is 5.97 Å². The van der Waals surface area contributed by atoms with E-state index >= 15 is 0 Å². The Morgan fingerprint density at radius 3 is 2.41 bits per heavy atom. The van der Waals surface area contributed by atoms with Crippen molar-refractivity contribution in [3.05, 3.63) is 58.9 Å². The van der Waals surface area contributed by atoms with E-state index in [1.165, 1.54) is 12.3 Å². The lowest BCUT2D eigenvalue weighted by molar-refractivity contribution is 0.0474. The highest BCUT2D eigenvalue weighted by Crippen LogP contribution is 2.14. The average molecular weight is 398 g/mol. The number of H-pyrrole nitrogens is 1. The first kappa shape index (κ1) is 20.8. The number of ether oxygens (including phenoxy) is 2. The van der Waals surface area contributed by atoms with Crippen LogP contribution in [0.2, 0.25) is 0 Å². The van der Waals surface area contributed by atoms with Gasteiger partial charge in [-0.1, -0.05) is 12.1 Å². The summed E-state index contributed by atoms with van der Waals surface area (Å²) in [4.78, 5) is 41.4. The molecule has 7 heteroatoms. The molecule has 7 nitrogen and oxygen atoms in total. The average Bonchev–Trinajstić information content (AvgIpc) is 3.42. The SMILES string of the molecule is CC(C)OCc1ccc(C(=O)OCC(=O)c2c[nH]c(C(=O)N3CCCC3)c2)cc1. The van der Waals surface area contributed by atoms with Crippen LogP contribution in [-0.2, 0) is 16.1 Å². The van der Waals surface area contributed by atoms with E-state index in [1.54, 1.807) is 29.2 Å². The number of aromatic amines is 1. The van der Waals surface area contributed by atoms with Crippen LogP contribution in [0.1, 0.15) is 63.5 Å². The number of nitrogens with one attached hydrogen (secondary N) is 1. The van der Waals surface area contributed by atoms with Crippen LogP contribution < -0.4 is 0 Å². The fourth-order valence-electron chi connectivity index (χ4n) is 3.07. The molecule has 1 saturated heterocycles. The summed E-state index contributed by atoms with van der Waals surface area (Å²) in [5.41, 5.74) is 2.02. The van der Waals surface area contributed by atoms with Gasteiger partial charge in [0.25, 0.3) is 5.91 Å². The minimum absolute atomic E-state index is 0.111. The van der Waals surface area contributed by atoms with Crippen LogP contribution in [-0.4, -0.2) is 53.3 Å². The Bertz CT molecular complexity index is 864. The lowest BCUT2D eigenvalue weighted by atomic mass is 10.1. The Balaban J connectivity index is 1.51. The van der Waals surface area contributed by atoms with E-state index in [4.69, 9.17) is 9.47 Å². The highest BCUT2D eigenvalue weighted by atomic mass is 16.5. The number of amides is 1. The molecule has 0 radical (unpaired) electrons. The monoisotopic (exact) mass is 398 g/mol. The Labute approximate surface area is 170 Å². The van der Waals surface area contributed by atoms with Crippen LogP contribution in [0, 0.1) is 0 Å². The smallest absolute Gasteiger partial charge is 0.338 e. The van der Waals surface area contributed by atoms with Gasteiger partial charge in [0, 0.05) is 24.8 Å². The maximum absolute atomic E-state index is 12.3. The lowest BCUT2D eigenvalue weighted by Crippen LogP contribution is -2.27. The molecule has 29 heavy (non-hydrogen) atoms. The van der Waals surface area contributed by atoms with Crippen LogP contribution in [0.15, 0.2) is 36.5 Å². The summed E-state index contributed by atoms with van der Waals surface area (Å²) in [6.07, 6.45) is 3.60. The zero-order valence-corrected chi connectivity index (χ0v) is 16.8. The maximum Gasteiger partial charge on any atom is 0.338 e. The third kappa shape index (κ3) is 5.54. The standard InChI is InChI=1S/C22H26N2O5/c1-15(2)28-13-16-5-7-17(8-6-16)22(27)29-14-20(25)18-11-19(23-12-18)21(26)24-9-3-4-10-24/h5-8,11-12,15,23H,3-4,9-10,13-14H2,1-2H3. The quantitative estimate of drug-likeness (QED) is 0.545. The van der Waals surface area contributed by atoms with Crippen molar-refractivity contribution in [2.45, 2.75) is 39.4 Å². The lowest BCUT2D eigenvalue weighted by Gasteiger charge is -2.13. The van der Waals surface area contributed by atoms with Crippen molar-refractivity contribution >= 4 is 17.7 Å². The number of likely N-dealkylation sites (tertiary alicyclic amines) is 1. The number of carbonyl (C=O) groups excluding carboxylic acids is 3. The molecule has 0 atom stereocenters. The van der Waals surface area contributed by atoms with Crippen LogP contribution in [0.3, 0.4) is 0 Å². The van der Waals surface area contributed by atoms with Gasteiger partial charge in [0.2, 0.25) is 5.78 Å².